The van der Waals surface area contributed by atoms with Gasteiger partial charge in [-0.05, 0) is 5.92 Å². The Morgan fingerprint density at radius 1 is 1.42 bits per heavy atom. The van der Waals surface area contributed by atoms with Crippen molar-refractivity contribution in [1.82, 2.24) is 10.3 Å². The van der Waals surface area contributed by atoms with Gasteiger partial charge in [0, 0.05) is 25.6 Å². The molecule has 1 amide bonds. The van der Waals surface area contributed by atoms with E-state index in [1.165, 1.54) is 11.3 Å². The molecule has 104 valence electrons. The van der Waals surface area contributed by atoms with Crippen molar-refractivity contribution in [3.05, 3.63) is 10.6 Å². The summed E-state index contributed by atoms with van der Waals surface area (Å²) < 4.78 is 5.35. The second kappa shape index (κ2) is 5.09. The van der Waals surface area contributed by atoms with E-state index in [0.717, 1.165) is 48.4 Å². The van der Waals surface area contributed by atoms with Crippen LogP contribution >= 0.6 is 11.3 Å². The Kier molecular flexibility index (Phi) is 3.45. The highest BCUT2D eigenvalue weighted by Crippen LogP contribution is 2.31. The molecule has 1 unspecified atom stereocenters. The number of carbonyl (C=O) groups excluding carboxylic acids is 1. The highest BCUT2D eigenvalue weighted by atomic mass is 32.1. The summed E-state index contributed by atoms with van der Waals surface area (Å²) in [6.45, 7) is 7.47. The fraction of sp³-hybridized carbons (Fsp3) is 0.692. The zero-order valence-corrected chi connectivity index (χ0v) is 12.1. The highest BCUT2D eigenvalue weighted by molar-refractivity contribution is 7.17. The van der Waals surface area contributed by atoms with Crippen molar-refractivity contribution in [1.29, 1.82) is 0 Å². The molecule has 0 aliphatic carbocycles. The van der Waals surface area contributed by atoms with Crippen LogP contribution in [0, 0.1) is 5.92 Å². The van der Waals surface area contributed by atoms with Gasteiger partial charge in [0.1, 0.15) is 4.88 Å². The molecular weight excluding hydrogens is 262 g/mol. The lowest BCUT2D eigenvalue weighted by Crippen LogP contribution is -2.43. The van der Waals surface area contributed by atoms with Crippen LogP contribution in [0.15, 0.2) is 0 Å². The molecule has 2 aliphatic rings. The minimum Gasteiger partial charge on any atom is -0.378 e. The molecule has 0 radical (unpaired) electrons. The number of ether oxygens (including phenoxy) is 1. The summed E-state index contributed by atoms with van der Waals surface area (Å²) in [7, 11) is 0. The van der Waals surface area contributed by atoms with Crippen LogP contribution in [-0.4, -0.2) is 43.2 Å². The average molecular weight is 281 g/mol. The van der Waals surface area contributed by atoms with Crippen LogP contribution < -0.4 is 10.2 Å². The number of hydrogen-bond donors (Lipinski definition) is 1. The van der Waals surface area contributed by atoms with E-state index in [-0.39, 0.29) is 11.9 Å². The van der Waals surface area contributed by atoms with Gasteiger partial charge in [-0.1, -0.05) is 25.2 Å². The molecule has 5 nitrogen and oxygen atoms in total. The van der Waals surface area contributed by atoms with Gasteiger partial charge in [0.15, 0.2) is 5.13 Å². The average Bonchev–Trinajstić information content (AvgIpc) is 2.84. The summed E-state index contributed by atoms with van der Waals surface area (Å²) in [5, 5.41) is 4.04. The number of anilines is 1. The van der Waals surface area contributed by atoms with Crippen LogP contribution in [0.5, 0.6) is 0 Å². The lowest BCUT2D eigenvalue weighted by Gasteiger charge is -2.26. The van der Waals surface area contributed by atoms with Crippen LogP contribution in [0.2, 0.25) is 0 Å². The Labute approximate surface area is 117 Å². The van der Waals surface area contributed by atoms with E-state index >= 15 is 0 Å². The van der Waals surface area contributed by atoms with Gasteiger partial charge < -0.3 is 15.0 Å². The van der Waals surface area contributed by atoms with Crippen molar-refractivity contribution in [2.75, 3.05) is 31.2 Å². The van der Waals surface area contributed by atoms with E-state index in [0.29, 0.717) is 5.92 Å². The SMILES string of the molecule is CC(C)C1Cc2nc(N3CCOCC3)sc2C(=O)N1. The molecule has 0 aromatic carbocycles. The molecule has 1 atom stereocenters. The molecule has 1 fully saturated rings. The van der Waals surface area contributed by atoms with E-state index < -0.39 is 0 Å². The molecule has 0 spiro atoms. The minimum atomic E-state index is 0.0389. The smallest absolute Gasteiger partial charge is 0.263 e. The van der Waals surface area contributed by atoms with Gasteiger partial charge in [0.2, 0.25) is 0 Å². The highest BCUT2D eigenvalue weighted by Gasteiger charge is 2.30. The first kappa shape index (κ1) is 12.9. The Hall–Kier alpha value is -1.14. The predicted molar refractivity (Wildman–Crippen MR) is 74.9 cm³/mol. The summed E-state index contributed by atoms with van der Waals surface area (Å²) in [6.07, 6.45) is 0.847. The maximum absolute atomic E-state index is 12.1. The van der Waals surface area contributed by atoms with Crippen molar-refractivity contribution in [2.24, 2.45) is 5.92 Å². The van der Waals surface area contributed by atoms with Crippen molar-refractivity contribution in [3.8, 4) is 0 Å². The Morgan fingerprint density at radius 2 is 2.16 bits per heavy atom. The molecule has 2 aliphatic heterocycles. The van der Waals surface area contributed by atoms with Gasteiger partial charge in [-0.3, -0.25) is 4.79 Å². The van der Waals surface area contributed by atoms with Crippen molar-refractivity contribution < 1.29 is 9.53 Å². The predicted octanol–water partition coefficient (Wildman–Crippen LogP) is 1.29. The second-order valence-electron chi connectivity index (χ2n) is 5.40. The summed E-state index contributed by atoms with van der Waals surface area (Å²) in [5.41, 5.74) is 0.967. The number of thiazole rings is 1. The molecule has 1 N–H and O–H groups in total. The molecule has 3 rings (SSSR count). The fourth-order valence-electron chi connectivity index (χ4n) is 2.44. The van der Waals surface area contributed by atoms with Crippen LogP contribution in [0.25, 0.3) is 0 Å². The first-order valence-corrected chi connectivity index (χ1v) is 7.60. The maximum Gasteiger partial charge on any atom is 0.263 e. The van der Waals surface area contributed by atoms with Crippen molar-refractivity contribution >= 4 is 22.4 Å². The molecular formula is C13H19N3O2S. The summed E-state index contributed by atoms with van der Waals surface area (Å²) in [6, 6.07) is 0.208. The number of hydrogen-bond acceptors (Lipinski definition) is 5. The summed E-state index contributed by atoms with van der Waals surface area (Å²) in [4.78, 5) is 19.8. The van der Waals surface area contributed by atoms with E-state index in [4.69, 9.17) is 4.74 Å². The maximum atomic E-state index is 12.1. The normalized spacial score (nSPS) is 23.4. The van der Waals surface area contributed by atoms with Crippen molar-refractivity contribution in [3.63, 3.8) is 0 Å². The third-order valence-electron chi connectivity index (χ3n) is 3.71. The van der Waals surface area contributed by atoms with Gasteiger partial charge in [-0.15, -0.1) is 0 Å². The zero-order chi connectivity index (χ0) is 13.4. The third kappa shape index (κ3) is 2.47. The van der Waals surface area contributed by atoms with E-state index in [9.17, 15) is 4.79 Å². The standard InChI is InChI=1S/C13H19N3O2S/c1-8(2)9-7-10-11(12(17)14-9)19-13(15-10)16-3-5-18-6-4-16/h8-9H,3-7H2,1-2H3,(H,14,17). The molecule has 19 heavy (non-hydrogen) atoms. The molecule has 1 aromatic heterocycles. The van der Waals surface area contributed by atoms with E-state index in [2.05, 4.69) is 29.0 Å². The second-order valence-corrected chi connectivity index (χ2v) is 6.38. The molecule has 3 heterocycles. The monoisotopic (exact) mass is 281 g/mol. The first-order chi connectivity index (χ1) is 9.15. The van der Waals surface area contributed by atoms with Crippen LogP contribution in [0.4, 0.5) is 5.13 Å². The van der Waals surface area contributed by atoms with Crippen LogP contribution in [0.1, 0.15) is 29.2 Å². The van der Waals surface area contributed by atoms with Gasteiger partial charge in [0.25, 0.3) is 5.91 Å². The molecule has 1 saturated heterocycles. The number of nitrogens with zero attached hydrogens (tertiary/aromatic N) is 2. The van der Waals surface area contributed by atoms with Crippen molar-refractivity contribution in [2.45, 2.75) is 26.3 Å². The quantitative estimate of drug-likeness (QED) is 0.887. The van der Waals surface area contributed by atoms with Crippen LogP contribution in [-0.2, 0) is 11.2 Å². The lowest BCUT2D eigenvalue weighted by atomic mass is 9.96. The number of aromatic nitrogens is 1. The number of carbonyl (C=O) groups is 1. The molecule has 1 aromatic rings. The minimum absolute atomic E-state index is 0.0389. The molecule has 0 bridgehead atoms. The van der Waals surface area contributed by atoms with Gasteiger partial charge >= 0.3 is 0 Å². The van der Waals surface area contributed by atoms with Gasteiger partial charge in [-0.25, -0.2) is 4.98 Å². The number of morpholine rings is 1. The van der Waals surface area contributed by atoms with Gasteiger partial charge in [0.05, 0.1) is 18.9 Å². The number of amides is 1. The van der Waals surface area contributed by atoms with Gasteiger partial charge in [-0.2, -0.15) is 0 Å². The molecule has 6 heteroatoms. The summed E-state index contributed by atoms with van der Waals surface area (Å²) in [5.74, 6) is 0.475. The lowest BCUT2D eigenvalue weighted by molar-refractivity contribution is 0.0916. The largest absolute Gasteiger partial charge is 0.378 e. The summed E-state index contributed by atoms with van der Waals surface area (Å²) >= 11 is 1.51. The van der Waals surface area contributed by atoms with Crippen LogP contribution in [0.3, 0.4) is 0 Å². The Morgan fingerprint density at radius 3 is 2.84 bits per heavy atom. The number of nitrogens with one attached hydrogen (secondary N) is 1. The first-order valence-electron chi connectivity index (χ1n) is 6.78. The topological polar surface area (TPSA) is 54.5 Å². The van der Waals surface area contributed by atoms with E-state index in [1.54, 1.807) is 0 Å². The Bertz CT molecular complexity index is 480. The Balaban J connectivity index is 1.84. The number of fused-ring (bicyclic) bond motifs is 1. The van der Waals surface area contributed by atoms with E-state index in [1.807, 2.05) is 0 Å². The number of rotatable bonds is 2. The zero-order valence-electron chi connectivity index (χ0n) is 11.3. The molecule has 0 saturated carbocycles. The third-order valence-corrected chi connectivity index (χ3v) is 4.87. The fourth-order valence-corrected chi connectivity index (χ4v) is 3.49.